The molecule has 10 nitrogen and oxygen atoms in total. The van der Waals surface area contributed by atoms with Gasteiger partial charge in [0, 0.05) is 26.1 Å². The molecule has 2 heterocycles. The Hall–Kier alpha value is -2.28. The van der Waals surface area contributed by atoms with Gasteiger partial charge in [-0.15, -0.1) is 0 Å². The number of aromatic nitrogens is 4. The molecule has 0 radical (unpaired) electrons. The first-order chi connectivity index (χ1) is 16.5. The highest BCUT2D eigenvalue weighted by molar-refractivity contribution is 6.76. The minimum Gasteiger partial charge on any atom is -0.390 e. The van der Waals surface area contributed by atoms with Crippen LogP contribution in [0, 0.1) is 0 Å². The highest BCUT2D eigenvalue weighted by Crippen LogP contribution is 2.19. The summed E-state index contributed by atoms with van der Waals surface area (Å²) in [7, 11) is -1.34. The van der Waals surface area contributed by atoms with Crippen LogP contribution in [0.1, 0.15) is 29.1 Å². The molecule has 2 N–H and O–H groups in total. The fourth-order valence-electron chi connectivity index (χ4n) is 3.22. The van der Waals surface area contributed by atoms with E-state index in [1.54, 1.807) is 24.3 Å². The zero-order valence-corrected chi connectivity index (χ0v) is 22.2. The Morgan fingerprint density at radius 3 is 2.46 bits per heavy atom. The number of nitrogens with zero attached hydrogens (tertiary/aromatic N) is 4. The molecule has 0 aliphatic heterocycles. The molecule has 0 fully saturated rings. The molecule has 1 unspecified atom stereocenters. The van der Waals surface area contributed by atoms with Gasteiger partial charge < -0.3 is 19.5 Å². The van der Waals surface area contributed by atoms with E-state index in [1.807, 2.05) is 0 Å². The van der Waals surface area contributed by atoms with Crippen molar-refractivity contribution < 1.29 is 19.5 Å². The third-order valence-corrected chi connectivity index (χ3v) is 7.61. The van der Waals surface area contributed by atoms with Gasteiger partial charge in [-0.2, -0.15) is 4.98 Å². The lowest BCUT2D eigenvalue weighted by atomic mass is 10.1. The van der Waals surface area contributed by atoms with Crippen molar-refractivity contribution in [3.8, 4) is 0 Å². The Bertz CT molecular complexity index is 1270. The van der Waals surface area contributed by atoms with E-state index in [-0.39, 0.29) is 42.1 Å². The van der Waals surface area contributed by atoms with Crippen LogP contribution in [0.25, 0.3) is 0 Å². The molecule has 13 heteroatoms. The molecule has 0 bridgehead atoms. The standard InChI is InChI=1S/C22H28Cl2N4O6Si/c1-35(2,3)9-8-33-13-28-16(12-29)20(24)21(31)27(22(28)32)11-19-25-18(26-34-19)10-17(30)14-4-6-15(23)7-5-14/h4-7,17,29-30H,8-13H2,1-3H3. The summed E-state index contributed by atoms with van der Waals surface area (Å²) in [6.45, 7) is 5.94. The number of aliphatic hydroxyl groups is 2. The maximum atomic E-state index is 13.1. The van der Waals surface area contributed by atoms with E-state index in [2.05, 4.69) is 29.8 Å². The predicted molar refractivity (Wildman–Crippen MR) is 134 cm³/mol. The van der Waals surface area contributed by atoms with Crippen molar-refractivity contribution >= 4 is 31.3 Å². The molecular weight excluding hydrogens is 515 g/mol. The van der Waals surface area contributed by atoms with Gasteiger partial charge in [0.05, 0.1) is 18.4 Å². The van der Waals surface area contributed by atoms with Crippen LogP contribution in [0.3, 0.4) is 0 Å². The molecule has 0 aliphatic carbocycles. The van der Waals surface area contributed by atoms with Crippen LogP contribution in [0.5, 0.6) is 0 Å². The first-order valence-corrected chi connectivity index (χ1v) is 15.4. The molecule has 190 valence electrons. The highest BCUT2D eigenvalue weighted by atomic mass is 35.5. The third-order valence-electron chi connectivity index (χ3n) is 5.27. The van der Waals surface area contributed by atoms with Crippen molar-refractivity contribution in [3.63, 3.8) is 0 Å². The van der Waals surface area contributed by atoms with Crippen LogP contribution in [0.2, 0.25) is 35.7 Å². The molecular formula is C22H28Cl2N4O6Si. The largest absolute Gasteiger partial charge is 0.390 e. The Morgan fingerprint density at radius 1 is 1.14 bits per heavy atom. The molecule has 3 aromatic rings. The van der Waals surface area contributed by atoms with E-state index >= 15 is 0 Å². The first-order valence-electron chi connectivity index (χ1n) is 11.0. The lowest BCUT2D eigenvalue weighted by molar-refractivity contribution is 0.0768. The maximum Gasteiger partial charge on any atom is 0.333 e. The fraction of sp³-hybridized carbons (Fsp3) is 0.455. The smallest absolute Gasteiger partial charge is 0.333 e. The van der Waals surface area contributed by atoms with Crippen LogP contribution in [-0.2, 0) is 31.0 Å². The van der Waals surface area contributed by atoms with Gasteiger partial charge in [-0.25, -0.2) is 9.36 Å². The van der Waals surface area contributed by atoms with Crippen molar-refractivity contribution in [1.82, 2.24) is 19.3 Å². The van der Waals surface area contributed by atoms with Crippen LogP contribution < -0.4 is 11.2 Å². The number of hydrogen-bond donors (Lipinski definition) is 2. The summed E-state index contributed by atoms with van der Waals surface area (Å²) in [5.41, 5.74) is -0.916. The number of aliphatic hydroxyl groups excluding tert-OH is 2. The van der Waals surface area contributed by atoms with Crippen LogP contribution in [0.4, 0.5) is 0 Å². The fourth-order valence-corrected chi connectivity index (χ4v) is 4.36. The molecule has 0 spiro atoms. The molecule has 35 heavy (non-hydrogen) atoms. The van der Waals surface area contributed by atoms with E-state index in [0.717, 1.165) is 15.2 Å². The monoisotopic (exact) mass is 542 g/mol. The minimum atomic E-state index is -1.34. The van der Waals surface area contributed by atoms with Gasteiger partial charge in [0.1, 0.15) is 18.3 Å². The zero-order chi connectivity index (χ0) is 25.8. The molecule has 0 amide bonds. The summed E-state index contributed by atoms with van der Waals surface area (Å²) in [6.07, 6.45) is -0.844. The zero-order valence-electron chi connectivity index (χ0n) is 19.7. The molecule has 1 aromatic carbocycles. The van der Waals surface area contributed by atoms with Crippen molar-refractivity contribution in [3.05, 3.63) is 78.1 Å². The number of ether oxygens (including phenoxy) is 1. The number of benzene rings is 1. The predicted octanol–water partition coefficient (Wildman–Crippen LogP) is 2.83. The topological polar surface area (TPSA) is 133 Å². The normalized spacial score (nSPS) is 12.8. The van der Waals surface area contributed by atoms with Crippen molar-refractivity contribution in [2.24, 2.45) is 0 Å². The minimum absolute atomic E-state index is 0.0125. The van der Waals surface area contributed by atoms with Gasteiger partial charge in [0.15, 0.2) is 5.82 Å². The van der Waals surface area contributed by atoms with E-state index in [9.17, 15) is 19.8 Å². The highest BCUT2D eigenvalue weighted by Gasteiger charge is 2.21. The summed E-state index contributed by atoms with van der Waals surface area (Å²) >= 11 is 12.0. The van der Waals surface area contributed by atoms with Gasteiger partial charge in [-0.1, -0.05) is 60.1 Å². The van der Waals surface area contributed by atoms with Crippen molar-refractivity contribution in [2.75, 3.05) is 6.61 Å². The molecule has 1 atom stereocenters. The van der Waals surface area contributed by atoms with Crippen LogP contribution in [0.15, 0.2) is 38.4 Å². The SMILES string of the molecule is C[Si](C)(C)CCOCn1c(CO)c(Cl)c(=O)n(Cc2nc(CC(O)c3ccc(Cl)cc3)no2)c1=O. The van der Waals surface area contributed by atoms with Crippen molar-refractivity contribution in [2.45, 2.75) is 58.1 Å². The molecule has 0 saturated heterocycles. The van der Waals surface area contributed by atoms with E-state index in [0.29, 0.717) is 17.2 Å². The second kappa shape index (κ2) is 11.6. The quantitative estimate of drug-likeness (QED) is 0.279. The Kier molecular flexibility index (Phi) is 9.08. The van der Waals surface area contributed by atoms with Gasteiger partial charge in [-0.05, 0) is 23.7 Å². The summed E-state index contributed by atoms with van der Waals surface area (Å²) in [5, 5.41) is 24.2. The van der Waals surface area contributed by atoms with Crippen LogP contribution in [-0.4, -0.2) is 44.2 Å². The average Bonchev–Trinajstić information content (AvgIpc) is 3.24. The molecule has 0 saturated carbocycles. The Balaban J connectivity index is 1.79. The number of halogens is 2. The second-order valence-electron chi connectivity index (χ2n) is 9.24. The molecule has 3 rings (SSSR count). The maximum absolute atomic E-state index is 13.1. The third kappa shape index (κ3) is 7.12. The number of hydrogen-bond acceptors (Lipinski definition) is 8. The van der Waals surface area contributed by atoms with Gasteiger partial charge in [-0.3, -0.25) is 9.36 Å². The van der Waals surface area contributed by atoms with E-state index in [4.69, 9.17) is 32.5 Å². The van der Waals surface area contributed by atoms with Crippen molar-refractivity contribution in [1.29, 1.82) is 0 Å². The summed E-state index contributed by atoms with van der Waals surface area (Å²) in [4.78, 5) is 30.0. The number of rotatable bonds is 11. The van der Waals surface area contributed by atoms with Crippen LogP contribution >= 0.6 is 23.2 Å². The molecule has 0 aliphatic rings. The first kappa shape index (κ1) is 27.3. The Labute approximate surface area is 212 Å². The van der Waals surface area contributed by atoms with E-state index < -0.39 is 32.0 Å². The lowest BCUT2D eigenvalue weighted by Gasteiger charge is -2.18. The average molecular weight is 543 g/mol. The van der Waals surface area contributed by atoms with Gasteiger partial charge in [0.2, 0.25) is 5.89 Å². The van der Waals surface area contributed by atoms with Gasteiger partial charge in [0.25, 0.3) is 5.56 Å². The Morgan fingerprint density at radius 2 is 1.83 bits per heavy atom. The van der Waals surface area contributed by atoms with Gasteiger partial charge >= 0.3 is 5.69 Å². The second-order valence-corrected chi connectivity index (χ2v) is 15.7. The lowest BCUT2D eigenvalue weighted by Crippen LogP contribution is -2.43. The summed E-state index contributed by atoms with van der Waals surface area (Å²) < 4.78 is 12.8. The summed E-state index contributed by atoms with van der Waals surface area (Å²) in [5.74, 6) is 0.185. The molecule has 2 aromatic heterocycles. The van der Waals surface area contributed by atoms with E-state index in [1.165, 1.54) is 0 Å². The summed E-state index contributed by atoms with van der Waals surface area (Å²) in [6, 6.07) is 7.58.